The lowest BCUT2D eigenvalue weighted by atomic mass is 10.0. The first-order valence-corrected chi connectivity index (χ1v) is 20.0. The smallest absolute Gasteiger partial charge is 0.319 e. The number of fused-ring (bicyclic) bond motifs is 2. The molecule has 2 saturated heterocycles. The zero-order chi connectivity index (χ0) is 41.4. The van der Waals surface area contributed by atoms with Gasteiger partial charge in [0.1, 0.15) is 25.0 Å². The van der Waals surface area contributed by atoms with Gasteiger partial charge in [-0.2, -0.15) is 0 Å². The molecule has 10 heteroatoms. The number of hydrogen-bond acceptors (Lipinski definition) is 6. The topological polar surface area (TPSA) is 119 Å². The number of benzene rings is 4. The zero-order valence-electron chi connectivity index (χ0n) is 33.9. The fraction of sp³-hybridized carbons (Fsp3) is 0.404. The van der Waals surface area contributed by atoms with Gasteiger partial charge in [0.2, 0.25) is 11.8 Å². The van der Waals surface area contributed by atoms with E-state index >= 15 is 0 Å². The van der Waals surface area contributed by atoms with Crippen LogP contribution in [0.3, 0.4) is 0 Å². The monoisotopic (exact) mass is 776 g/mol. The standard InChI is InChI=1S/C25H24N4O3.C13H26O2.C7H8O.C2H2/c30-23-16-28-22(15-27(23)14-20-11-6-10-19-9-4-5-12-21(19)20)29(17-24(28)31)25(32)26-13-18-7-2-1-3-8-18;1-3-4-5-6-7-8-9-10-11-12-13(14)15-2;1-6-2-4-7(8)5-3-6;1-2/h1-12,22H,13-17H2,(H,26,32);3-12H2,1-2H3;2-5,8H,1H3;1-2H. The molecule has 0 aromatic heterocycles. The molecule has 57 heavy (non-hydrogen) atoms. The molecule has 4 aromatic rings. The predicted octanol–water partition coefficient (Wildman–Crippen LogP) is 8.59. The average Bonchev–Trinajstić information content (AvgIpc) is 3.56. The second-order valence-electron chi connectivity index (χ2n) is 14.2. The largest absolute Gasteiger partial charge is 0.508 e. The maximum atomic E-state index is 12.9. The molecule has 10 nitrogen and oxygen atoms in total. The van der Waals surface area contributed by atoms with Gasteiger partial charge in [0.25, 0.3) is 0 Å². The molecule has 304 valence electrons. The number of urea groups is 1. The van der Waals surface area contributed by atoms with E-state index < -0.39 is 6.17 Å². The minimum atomic E-state index is -0.453. The van der Waals surface area contributed by atoms with E-state index in [1.165, 1.54) is 73.8 Å². The Morgan fingerprint density at radius 2 is 1.39 bits per heavy atom. The quantitative estimate of drug-likeness (QED) is 0.0753. The van der Waals surface area contributed by atoms with Gasteiger partial charge in [0.15, 0.2) is 0 Å². The second kappa shape index (κ2) is 25.4. The van der Waals surface area contributed by atoms with E-state index in [1.54, 1.807) is 17.0 Å². The third-order valence-electron chi connectivity index (χ3n) is 9.92. The summed E-state index contributed by atoms with van der Waals surface area (Å²) in [5.41, 5.74) is 3.21. The third-order valence-corrected chi connectivity index (χ3v) is 9.92. The number of aromatic hydroxyl groups is 1. The van der Waals surface area contributed by atoms with Crippen LogP contribution in [0.25, 0.3) is 10.8 Å². The van der Waals surface area contributed by atoms with Crippen LogP contribution in [0.4, 0.5) is 4.79 Å². The lowest BCUT2D eigenvalue weighted by Crippen LogP contribution is -2.59. The van der Waals surface area contributed by atoms with Crippen molar-refractivity contribution in [2.24, 2.45) is 0 Å². The Kier molecular flexibility index (Phi) is 20.3. The molecule has 2 fully saturated rings. The number of aryl methyl sites for hydroxylation is 1. The van der Waals surface area contributed by atoms with Crippen LogP contribution in [0.2, 0.25) is 0 Å². The van der Waals surface area contributed by atoms with E-state index in [4.69, 9.17) is 5.11 Å². The molecule has 2 aliphatic heterocycles. The molecular weight excluding hydrogens is 717 g/mol. The van der Waals surface area contributed by atoms with E-state index in [0.29, 0.717) is 31.8 Å². The highest BCUT2D eigenvalue weighted by atomic mass is 16.5. The molecule has 0 radical (unpaired) electrons. The fourth-order valence-corrected chi connectivity index (χ4v) is 6.71. The number of amides is 4. The number of esters is 1. The molecule has 2 aliphatic rings. The van der Waals surface area contributed by atoms with Crippen molar-refractivity contribution >= 4 is 34.6 Å². The first-order valence-electron chi connectivity index (χ1n) is 20.0. The number of phenols is 1. The van der Waals surface area contributed by atoms with Crippen LogP contribution in [-0.4, -0.2) is 76.5 Å². The van der Waals surface area contributed by atoms with Crippen LogP contribution in [0, 0.1) is 19.8 Å². The Hall–Kier alpha value is -5.82. The normalized spacial score (nSPS) is 14.3. The Morgan fingerprint density at radius 3 is 2.04 bits per heavy atom. The first kappa shape index (κ1) is 45.6. The highest BCUT2D eigenvalue weighted by Crippen LogP contribution is 2.25. The Labute approximate surface area is 339 Å². The Bertz CT molecular complexity index is 1820. The fourth-order valence-electron chi connectivity index (χ4n) is 6.71. The van der Waals surface area contributed by atoms with Gasteiger partial charge in [0.05, 0.1) is 13.7 Å². The van der Waals surface area contributed by atoms with Crippen molar-refractivity contribution in [1.82, 2.24) is 20.0 Å². The summed E-state index contributed by atoms with van der Waals surface area (Å²) in [6.45, 7) is 5.34. The predicted molar refractivity (Wildman–Crippen MR) is 227 cm³/mol. The van der Waals surface area contributed by atoms with Crippen molar-refractivity contribution < 1.29 is 29.0 Å². The number of hydrogen-bond donors (Lipinski definition) is 2. The third kappa shape index (κ3) is 15.3. The lowest BCUT2D eigenvalue weighted by Gasteiger charge is -2.39. The van der Waals surface area contributed by atoms with E-state index in [9.17, 15) is 19.2 Å². The molecule has 0 bridgehead atoms. The molecule has 0 aliphatic carbocycles. The zero-order valence-corrected chi connectivity index (χ0v) is 33.9. The summed E-state index contributed by atoms with van der Waals surface area (Å²) in [5, 5.41) is 13.9. The maximum Gasteiger partial charge on any atom is 0.319 e. The number of piperazine rings is 1. The summed E-state index contributed by atoms with van der Waals surface area (Å²) in [4.78, 5) is 53.8. The molecule has 0 spiro atoms. The van der Waals surface area contributed by atoms with Gasteiger partial charge in [-0.25, -0.2) is 4.79 Å². The Balaban J connectivity index is 0.000000288. The van der Waals surface area contributed by atoms with Crippen LogP contribution in [0.5, 0.6) is 5.75 Å². The molecule has 0 saturated carbocycles. The van der Waals surface area contributed by atoms with Crippen molar-refractivity contribution in [3.63, 3.8) is 0 Å². The maximum absolute atomic E-state index is 12.9. The molecule has 2 heterocycles. The molecule has 6 rings (SSSR count). The van der Waals surface area contributed by atoms with Crippen LogP contribution < -0.4 is 5.32 Å². The summed E-state index contributed by atoms with van der Waals surface area (Å²) in [6, 6.07) is 30.6. The summed E-state index contributed by atoms with van der Waals surface area (Å²) in [6.07, 6.45) is 19.7. The Morgan fingerprint density at radius 1 is 0.772 bits per heavy atom. The summed E-state index contributed by atoms with van der Waals surface area (Å²) in [5.74, 6) is -0.0364. The van der Waals surface area contributed by atoms with Crippen molar-refractivity contribution in [2.75, 3.05) is 26.7 Å². The van der Waals surface area contributed by atoms with Crippen LogP contribution >= 0.6 is 0 Å². The first-order chi connectivity index (χ1) is 27.7. The number of methoxy groups -OCH3 is 1. The van der Waals surface area contributed by atoms with E-state index in [0.717, 1.165) is 28.3 Å². The minimum Gasteiger partial charge on any atom is -0.508 e. The lowest BCUT2D eigenvalue weighted by molar-refractivity contribution is -0.146. The number of nitrogens with zero attached hydrogens (tertiary/aromatic N) is 3. The van der Waals surface area contributed by atoms with Gasteiger partial charge in [-0.3, -0.25) is 19.3 Å². The average molecular weight is 777 g/mol. The van der Waals surface area contributed by atoms with Gasteiger partial charge in [-0.05, 0) is 47.4 Å². The molecule has 4 aromatic carbocycles. The van der Waals surface area contributed by atoms with Gasteiger partial charge in [-0.1, -0.05) is 149 Å². The highest BCUT2D eigenvalue weighted by Gasteiger charge is 2.46. The van der Waals surface area contributed by atoms with E-state index in [-0.39, 0.29) is 36.9 Å². The van der Waals surface area contributed by atoms with Gasteiger partial charge in [0, 0.05) is 19.5 Å². The van der Waals surface area contributed by atoms with Crippen LogP contribution in [0.1, 0.15) is 87.8 Å². The number of unbranched alkanes of at least 4 members (excludes halogenated alkanes) is 8. The van der Waals surface area contributed by atoms with Crippen molar-refractivity contribution in [1.29, 1.82) is 0 Å². The number of carbonyl (C=O) groups excluding carboxylic acids is 4. The van der Waals surface area contributed by atoms with E-state index in [1.807, 2.05) is 91.9 Å². The summed E-state index contributed by atoms with van der Waals surface area (Å²) >= 11 is 0. The van der Waals surface area contributed by atoms with E-state index in [2.05, 4.69) is 29.8 Å². The van der Waals surface area contributed by atoms with Crippen molar-refractivity contribution in [3.8, 4) is 18.6 Å². The summed E-state index contributed by atoms with van der Waals surface area (Å²) < 4.78 is 4.58. The minimum absolute atomic E-state index is 0.00324. The number of ether oxygens (including phenoxy) is 1. The number of nitrogens with one attached hydrogen (secondary N) is 1. The number of rotatable bonds is 14. The van der Waals surface area contributed by atoms with Crippen molar-refractivity contribution in [3.05, 3.63) is 114 Å². The molecule has 4 amide bonds. The molecule has 1 atom stereocenters. The van der Waals surface area contributed by atoms with Crippen LogP contribution in [0.15, 0.2) is 97.1 Å². The number of terminal acetylenes is 1. The summed E-state index contributed by atoms with van der Waals surface area (Å²) in [7, 11) is 1.45. The van der Waals surface area contributed by atoms with Crippen LogP contribution in [-0.2, 0) is 32.2 Å². The highest BCUT2D eigenvalue weighted by molar-refractivity contribution is 5.93. The van der Waals surface area contributed by atoms with Gasteiger partial charge >= 0.3 is 12.0 Å². The number of phenolic OH excluding ortho intramolecular Hbond substituents is 1. The van der Waals surface area contributed by atoms with Gasteiger partial charge < -0.3 is 25.0 Å². The van der Waals surface area contributed by atoms with Gasteiger partial charge in [-0.15, -0.1) is 12.8 Å². The van der Waals surface area contributed by atoms with Crippen molar-refractivity contribution in [2.45, 2.75) is 97.3 Å². The molecule has 1 unspecified atom stereocenters. The molecule has 2 N–H and O–H groups in total. The second-order valence-corrected chi connectivity index (χ2v) is 14.2. The SMILES string of the molecule is C#C.CCCCCCCCCCCC(=O)OC.Cc1ccc(O)cc1.O=C1CN2C(=O)CN(C(=O)NCc3ccccc3)C2CN1Cc1cccc2ccccc12. The number of carbonyl (C=O) groups is 4. The molecular formula is C47H60N4O6.